The van der Waals surface area contributed by atoms with Crippen molar-refractivity contribution < 1.29 is 23.8 Å². The summed E-state index contributed by atoms with van der Waals surface area (Å²) >= 11 is 1.25. The first kappa shape index (κ1) is 21.1. The number of pyridine rings is 1. The van der Waals surface area contributed by atoms with Crippen LogP contribution in [0.1, 0.15) is 15.9 Å². The zero-order valence-corrected chi connectivity index (χ0v) is 18.8. The molecule has 0 saturated heterocycles. The summed E-state index contributed by atoms with van der Waals surface area (Å²) in [5, 5.41) is 12.9. The maximum Gasteiger partial charge on any atom is 0.339 e. The second kappa shape index (κ2) is 8.62. The maximum atomic E-state index is 12.7. The Kier molecular flexibility index (Phi) is 5.51. The summed E-state index contributed by atoms with van der Waals surface area (Å²) in [6.07, 6.45) is 0. The summed E-state index contributed by atoms with van der Waals surface area (Å²) in [5.74, 6) is 0.660. The highest BCUT2D eigenvalue weighted by molar-refractivity contribution is 7.99. The number of aryl methyl sites for hydroxylation is 1. The van der Waals surface area contributed by atoms with Gasteiger partial charge in [0.25, 0.3) is 0 Å². The lowest BCUT2D eigenvalue weighted by Crippen LogP contribution is -2.17. The van der Waals surface area contributed by atoms with E-state index in [1.165, 1.54) is 18.9 Å². The highest BCUT2D eigenvalue weighted by Crippen LogP contribution is 2.36. The highest BCUT2D eigenvalue weighted by atomic mass is 32.2. The van der Waals surface area contributed by atoms with Crippen LogP contribution in [0.15, 0.2) is 47.6 Å². The Labute approximate surface area is 193 Å². The summed E-state index contributed by atoms with van der Waals surface area (Å²) in [7, 11) is 1.30. The minimum atomic E-state index is -0.515. The van der Waals surface area contributed by atoms with Crippen molar-refractivity contribution in [2.45, 2.75) is 12.1 Å². The fourth-order valence-electron chi connectivity index (χ4n) is 3.73. The smallest absolute Gasteiger partial charge is 0.339 e. The molecule has 0 fully saturated rings. The first-order chi connectivity index (χ1) is 16.0. The van der Waals surface area contributed by atoms with Gasteiger partial charge in [-0.2, -0.15) is 0 Å². The number of nitrogens with zero attached hydrogens (tertiary/aromatic N) is 3. The van der Waals surface area contributed by atoms with Crippen molar-refractivity contribution >= 4 is 45.9 Å². The van der Waals surface area contributed by atoms with Crippen LogP contribution < -0.4 is 14.8 Å². The number of carbonyl (C=O) groups is 2. The molecule has 0 atom stereocenters. The number of thioether (sulfide) groups is 1. The SMILES string of the molecule is COC(=O)c1ccccc1NC(=O)CSc1nnc2c(C)cc3cc4c(cc3n12)OCCO4. The monoisotopic (exact) mass is 464 g/mol. The van der Waals surface area contributed by atoms with Gasteiger partial charge in [0.2, 0.25) is 5.91 Å². The van der Waals surface area contributed by atoms with Crippen molar-refractivity contribution in [3.8, 4) is 11.5 Å². The molecule has 2 aromatic heterocycles. The molecule has 0 spiro atoms. The van der Waals surface area contributed by atoms with Crippen LogP contribution in [0.4, 0.5) is 5.69 Å². The Balaban J connectivity index is 1.43. The Bertz CT molecular complexity index is 1400. The van der Waals surface area contributed by atoms with Gasteiger partial charge in [-0.1, -0.05) is 23.9 Å². The van der Waals surface area contributed by atoms with Gasteiger partial charge in [0, 0.05) is 11.5 Å². The molecule has 0 aliphatic carbocycles. The van der Waals surface area contributed by atoms with Crippen molar-refractivity contribution in [2.75, 3.05) is 31.4 Å². The first-order valence-corrected chi connectivity index (χ1v) is 11.2. The number of para-hydroxylation sites is 1. The summed E-state index contributed by atoms with van der Waals surface area (Å²) in [6.45, 7) is 2.97. The number of anilines is 1. The first-order valence-electron chi connectivity index (χ1n) is 10.2. The predicted molar refractivity (Wildman–Crippen MR) is 123 cm³/mol. The molecule has 0 bridgehead atoms. The molecule has 1 amide bonds. The molecular formula is C23H20N4O5S. The number of amides is 1. The van der Waals surface area contributed by atoms with E-state index in [0.717, 1.165) is 16.5 Å². The number of nitrogens with one attached hydrogen (secondary N) is 1. The maximum absolute atomic E-state index is 12.7. The van der Waals surface area contributed by atoms with Crippen LogP contribution in [0.3, 0.4) is 0 Å². The van der Waals surface area contributed by atoms with E-state index in [9.17, 15) is 9.59 Å². The quantitative estimate of drug-likeness (QED) is 0.354. The molecule has 33 heavy (non-hydrogen) atoms. The van der Waals surface area contributed by atoms with Gasteiger partial charge in [0.1, 0.15) is 13.2 Å². The van der Waals surface area contributed by atoms with Crippen LogP contribution in [-0.4, -0.2) is 52.6 Å². The number of benzene rings is 2. The highest BCUT2D eigenvalue weighted by Gasteiger charge is 2.19. The molecule has 10 heteroatoms. The Hall–Kier alpha value is -3.79. The summed E-state index contributed by atoms with van der Waals surface area (Å²) < 4.78 is 18.2. The van der Waals surface area contributed by atoms with Crippen LogP contribution in [0.5, 0.6) is 11.5 Å². The van der Waals surface area contributed by atoms with Crippen LogP contribution in [0.25, 0.3) is 16.6 Å². The normalized spacial score (nSPS) is 12.7. The topological polar surface area (TPSA) is 104 Å². The molecule has 1 aliphatic rings. The fourth-order valence-corrected chi connectivity index (χ4v) is 4.48. The average Bonchev–Trinajstić information content (AvgIpc) is 3.26. The number of ether oxygens (including phenoxy) is 3. The minimum Gasteiger partial charge on any atom is -0.486 e. The van der Waals surface area contributed by atoms with Gasteiger partial charge in [-0.15, -0.1) is 10.2 Å². The molecule has 3 heterocycles. The number of rotatable bonds is 5. The van der Waals surface area contributed by atoms with E-state index in [1.807, 2.05) is 29.5 Å². The number of fused-ring (bicyclic) bond motifs is 4. The van der Waals surface area contributed by atoms with Gasteiger partial charge in [-0.05, 0) is 36.8 Å². The molecule has 168 valence electrons. The lowest BCUT2D eigenvalue weighted by molar-refractivity contribution is -0.113. The number of hydrogen-bond donors (Lipinski definition) is 1. The van der Waals surface area contributed by atoms with Crippen LogP contribution >= 0.6 is 11.8 Å². The molecule has 5 rings (SSSR count). The van der Waals surface area contributed by atoms with Gasteiger partial charge in [0.05, 0.1) is 29.6 Å². The Morgan fingerprint density at radius 3 is 2.67 bits per heavy atom. The molecule has 0 unspecified atom stereocenters. The minimum absolute atomic E-state index is 0.0797. The van der Waals surface area contributed by atoms with E-state index in [0.29, 0.717) is 46.8 Å². The standard InChI is InChI=1S/C23H20N4O5S/c1-13-9-14-10-18-19(32-8-7-31-18)11-17(14)27-21(13)25-26-23(27)33-12-20(28)24-16-6-4-3-5-15(16)22(29)30-2/h3-6,9-11H,7-8,12H2,1-2H3,(H,24,28). The number of carbonyl (C=O) groups excluding carboxylic acids is 2. The molecule has 1 N–H and O–H groups in total. The Morgan fingerprint density at radius 1 is 1.12 bits per heavy atom. The van der Waals surface area contributed by atoms with E-state index in [4.69, 9.17) is 14.2 Å². The number of methoxy groups -OCH3 is 1. The lowest BCUT2D eigenvalue weighted by Gasteiger charge is -2.19. The van der Waals surface area contributed by atoms with Gasteiger partial charge in [-0.3, -0.25) is 9.20 Å². The summed E-state index contributed by atoms with van der Waals surface area (Å²) in [5.41, 5.74) is 3.21. The van der Waals surface area contributed by atoms with Gasteiger partial charge >= 0.3 is 5.97 Å². The zero-order valence-electron chi connectivity index (χ0n) is 18.0. The van der Waals surface area contributed by atoms with Gasteiger partial charge < -0.3 is 19.5 Å². The Morgan fingerprint density at radius 2 is 1.88 bits per heavy atom. The molecule has 2 aromatic carbocycles. The van der Waals surface area contributed by atoms with Crippen molar-refractivity contribution in [1.29, 1.82) is 0 Å². The van der Waals surface area contributed by atoms with Crippen LogP contribution in [-0.2, 0) is 9.53 Å². The van der Waals surface area contributed by atoms with Crippen molar-refractivity contribution in [1.82, 2.24) is 14.6 Å². The van der Waals surface area contributed by atoms with Crippen molar-refractivity contribution in [2.24, 2.45) is 0 Å². The van der Waals surface area contributed by atoms with Crippen molar-refractivity contribution in [3.63, 3.8) is 0 Å². The second-order valence-corrected chi connectivity index (χ2v) is 8.34. The molecule has 4 aromatic rings. The van der Waals surface area contributed by atoms with E-state index in [-0.39, 0.29) is 11.7 Å². The molecule has 0 radical (unpaired) electrons. The summed E-state index contributed by atoms with van der Waals surface area (Å²) in [4.78, 5) is 24.6. The fraction of sp³-hybridized carbons (Fsp3) is 0.217. The molecule has 9 nitrogen and oxygen atoms in total. The lowest BCUT2D eigenvalue weighted by atomic mass is 10.1. The second-order valence-electron chi connectivity index (χ2n) is 7.40. The molecular weight excluding hydrogens is 444 g/mol. The third-order valence-corrected chi connectivity index (χ3v) is 6.16. The predicted octanol–water partition coefficient (Wildman–Crippen LogP) is 3.48. The largest absolute Gasteiger partial charge is 0.486 e. The number of aromatic nitrogens is 3. The number of esters is 1. The van der Waals surface area contributed by atoms with Crippen LogP contribution in [0.2, 0.25) is 0 Å². The van der Waals surface area contributed by atoms with Gasteiger partial charge in [-0.25, -0.2) is 4.79 Å². The zero-order chi connectivity index (χ0) is 22.9. The molecule has 0 saturated carbocycles. The third-order valence-electron chi connectivity index (χ3n) is 5.23. The van der Waals surface area contributed by atoms with Gasteiger partial charge in [0.15, 0.2) is 22.3 Å². The van der Waals surface area contributed by atoms with Crippen LogP contribution in [0, 0.1) is 6.92 Å². The van der Waals surface area contributed by atoms with E-state index < -0.39 is 5.97 Å². The van der Waals surface area contributed by atoms with Crippen molar-refractivity contribution in [3.05, 3.63) is 53.6 Å². The third kappa shape index (κ3) is 3.93. The van der Waals surface area contributed by atoms with E-state index >= 15 is 0 Å². The average molecular weight is 465 g/mol. The summed E-state index contributed by atoms with van der Waals surface area (Å²) in [6, 6.07) is 12.6. The van der Waals surface area contributed by atoms with E-state index in [1.54, 1.807) is 24.3 Å². The molecule has 1 aliphatic heterocycles. The van der Waals surface area contributed by atoms with E-state index in [2.05, 4.69) is 15.5 Å². The number of hydrogen-bond acceptors (Lipinski definition) is 8.